The highest BCUT2D eigenvalue weighted by molar-refractivity contribution is 6.30. The third-order valence-electron chi connectivity index (χ3n) is 3.03. The molecule has 2 rings (SSSR count). The molecule has 0 saturated carbocycles. The van der Waals surface area contributed by atoms with Gasteiger partial charge in [0, 0.05) is 5.02 Å². The summed E-state index contributed by atoms with van der Waals surface area (Å²) in [6.07, 6.45) is -0.568. The van der Waals surface area contributed by atoms with Crippen LogP contribution in [0.4, 0.5) is 0 Å². The monoisotopic (exact) mass is 332 g/mol. The van der Waals surface area contributed by atoms with E-state index in [1.165, 1.54) is 0 Å². The van der Waals surface area contributed by atoms with Crippen LogP contribution in [0.15, 0.2) is 54.6 Å². The fraction of sp³-hybridized carbons (Fsp3) is 0.176. The molecule has 0 radical (unpaired) electrons. The number of hydrazine groups is 1. The molecule has 0 saturated heterocycles. The normalized spacial score (nSPS) is 11.4. The van der Waals surface area contributed by atoms with Crippen molar-refractivity contribution in [3.05, 3.63) is 65.2 Å². The second-order valence-electron chi connectivity index (χ2n) is 4.91. The quantitative estimate of drug-likeness (QED) is 0.827. The lowest BCUT2D eigenvalue weighted by Gasteiger charge is -2.15. The number of carbonyl (C=O) groups is 2. The molecular weight excluding hydrogens is 316 g/mol. The predicted octanol–water partition coefficient (Wildman–Crippen LogP) is 2.50. The first-order chi connectivity index (χ1) is 11.0. The van der Waals surface area contributed by atoms with Gasteiger partial charge in [-0.3, -0.25) is 20.4 Å². The van der Waals surface area contributed by atoms with Gasteiger partial charge in [0.15, 0.2) is 6.10 Å². The number of hydrogen-bond donors (Lipinski definition) is 2. The maximum atomic E-state index is 11.9. The van der Waals surface area contributed by atoms with Crippen molar-refractivity contribution in [2.75, 3.05) is 0 Å². The molecule has 2 N–H and O–H groups in total. The number of ether oxygens (including phenoxy) is 1. The van der Waals surface area contributed by atoms with Crippen LogP contribution in [0.5, 0.6) is 5.75 Å². The highest BCUT2D eigenvalue weighted by Gasteiger charge is 2.15. The van der Waals surface area contributed by atoms with Crippen molar-refractivity contribution in [3.8, 4) is 5.75 Å². The van der Waals surface area contributed by atoms with E-state index in [0.29, 0.717) is 10.8 Å². The summed E-state index contributed by atoms with van der Waals surface area (Å²) in [5.41, 5.74) is 5.58. The summed E-state index contributed by atoms with van der Waals surface area (Å²) in [6.45, 7) is 1.59. The minimum atomic E-state index is -0.756. The van der Waals surface area contributed by atoms with Gasteiger partial charge in [-0.2, -0.15) is 0 Å². The Hall–Kier alpha value is -2.53. The number of hydrogen-bond acceptors (Lipinski definition) is 3. The molecule has 120 valence electrons. The lowest BCUT2D eigenvalue weighted by Crippen LogP contribution is -2.47. The Morgan fingerprint density at radius 3 is 2.35 bits per heavy atom. The van der Waals surface area contributed by atoms with Gasteiger partial charge in [-0.1, -0.05) is 41.9 Å². The standard InChI is InChI=1S/C17H17ClN2O3/c1-12(23-15-9-7-14(18)8-10-15)17(22)20-19-16(21)11-13-5-3-2-4-6-13/h2-10,12H,11H2,1H3,(H,19,21)(H,20,22). The predicted molar refractivity (Wildman–Crippen MR) is 88.0 cm³/mol. The Bertz CT molecular complexity index is 659. The third-order valence-corrected chi connectivity index (χ3v) is 3.28. The Balaban J connectivity index is 1.77. The Kier molecular flexibility index (Phi) is 6.00. The van der Waals surface area contributed by atoms with E-state index in [1.807, 2.05) is 30.3 Å². The zero-order valence-electron chi connectivity index (χ0n) is 12.6. The first-order valence-corrected chi connectivity index (χ1v) is 7.47. The molecule has 0 spiro atoms. The van der Waals surface area contributed by atoms with Crippen LogP contribution in [0.25, 0.3) is 0 Å². The maximum absolute atomic E-state index is 11.9. The molecule has 1 unspecified atom stereocenters. The zero-order valence-corrected chi connectivity index (χ0v) is 13.3. The summed E-state index contributed by atoms with van der Waals surface area (Å²) in [5.74, 6) is -0.225. The highest BCUT2D eigenvalue weighted by atomic mass is 35.5. The van der Waals surface area contributed by atoms with Gasteiger partial charge < -0.3 is 4.74 Å². The maximum Gasteiger partial charge on any atom is 0.279 e. The second-order valence-corrected chi connectivity index (χ2v) is 5.35. The number of benzene rings is 2. The van der Waals surface area contributed by atoms with Crippen molar-refractivity contribution in [1.29, 1.82) is 0 Å². The summed E-state index contributed by atoms with van der Waals surface area (Å²) in [5, 5.41) is 0.586. The van der Waals surface area contributed by atoms with Crippen LogP contribution in [0.2, 0.25) is 5.02 Å². The van der Waals surface area contributed by atoms with E-state index in [4.69, 9.17) is 16.3 Å². The van der Waals surface area contributed by atoms with Crippen molar-refractivity contribution in [2.45, 2.75) is 19.4 Å². The Morgan fingerprint density at radius 1 is 1.04 bits per heavy atom. The van der Waals surface area contributed by atoms with E-state index in [9.17, 15) is 9.59 Å². The summed E-state index contributed by atoms with van der Waals surface area (Å²) in [7, 11) is 0. The number of nitrogens with one attached hydrogen (secondary N) is 2. The van der Waals surface area contributed by atoms with Crippen LogP contribution >= 0.6 is 11.6 Å². The average Bonchev–Trinajstić information content (AvgIpc) is 2.55. The number of carbonyl (C=O) groups excluding carboxylic acids is 2. The van der Waals surface area contributed by atoms with Gasteiger partial charge in [0.25, 0.3) is 5.91 Å². The molecule has 1 atom stereocenters. The van der Waals surface area contributed by atoms with Crippen molar-refractivity contribution in [3.63, 3.8) is 0 Å². The van der Waals surface area contributed by atoms with Crippen LogP contribution in [-0.2, 0) is 16.0 Å². The van der Waals surface area contributed by atoms with Gasteiger partial charge in [-0.25, -0.2) is 0 Å². The van der Waals surface area contributed by atoms with E-state index in [2.05, 4.69) is 10.9 Å². The molecule has 0 aliphatic rings. The Labute approximate surface area is 139 Å². The molecule has 6 heteroatoms. The highest BCUT2D eigenvalue weighted by Crippen LogP contribution is 2.16. The molecule has 0 aliphatic heterocycles. The minimum absolute atomic E-state index is 0.188. The average molecular weight is 333 g/mol. The molecule has 0 heterocycles. The second kappa shape index (κ2) is 8.19. The molecule has 0 aromatic heterocycles. The molecule has 0 bridgehead atoms. The molecule has 5 nitrogen and oxygen atoms in total. The molecule has 0 aliphatic carbocycles. The minimum Gasteiger partial charge on any atom is -0.481 e. The molecule has 2 aromatic rings. The molecule has 2 aromatic carbocycles. The fourth-order valence-corrected chi connectivity index (χ4v) is 1.96. The number of amides is 2. The summed E-state index contributed by atoms with van der Waals surface area (Å²) < 4.78 is 5.46. The number of halogens is 1. The van der Waals surface area contributed by atoms with Gasteiger partial charge in [-0.05, 0) is 36.8 Å². The van der Waals surface area contributed by atoms with Gasteiger partial charge in [0.05, 0.1) is 6.42 Å². The SMILES string of the molecule is CC(Oc1ccc(Cl)cc1)C(=O)NNC(=O)Cc1ccccc1. The topological polar surface area (TPSA) is 67.4 Å². The van der Waals surface area contributed by atoms with Gasteiger partial charge in [0.2, 0.25) is 5.91 Å². The summed E-state index contributed by atoms with van der Waals surface area (Å²) >= 11 is 5.78. The Morgan fingerprint density at radius 2 is 1.70 bits per heavy atom. The van der Waals surface area contributed by atoms with Crippen LogP contribution in [0.3, 0.4) is 0 Å². The van der Waals surface area contributed by atoms with Gasteiger partial charge >= 0.3 is 0 Å². The van der Waals surface area contributed by atoms with E-state index in [1.54, 1.807) is 31.2 Å². The fourth-order valence-electron chi connectivity index (χ4n) is 1.83. The van der Waals surface area contributed by atoms with Crippen LogP contribution < -0.4 is 15.6 Å². The molecule has 23 heavy (non-hydrogen) atoms. The van der Waals surface area contributed by atoms with Crippen molar-refractivity contribution in [1.82, 2.24) is 10.9 Å². The van der Waals surface area contributed by atoms with E-state index in [0.717, 1.165) is 5.56 Å². The smallest absolute Gasteiger partial charge is 0.279 e. The van der Waals surface area contributed by atoms with Crippen molar-refractivity contribution < 1.29 is 14.3 Å². The zero-order chi connectivity index (χ0) is 16.7. The van der Waals surface area contributed by atoms with Crippen molar-refractivity contribution in [2.24, 2.45) is 0 Å². The molecule has 2 amide bonds. The van der Waals surface area contributed by atoms with Gasteiger partial charge in [-0.15, -0.1) is 0 Å². The van der Waals surface area contributed by atoms with E-state index in [-0.39, 0.29) is 12.3 Å². The molecule has 0 fully saturated rings. The number of rotatable bonds is 5. The van der Waals surface area contributed by atoms with E-state index >= 15 is 0 Å². The lowest BCUT2D eigenvalue weighted by molar-refractivity contribution is -0.132. The third kappa shape index (κ3) is 5.64. The first kappa shape index (κ1) is 16.8. The first-order valence-electron chi connectivity index (χ1n) is 7.09. The lowest BCUT2D eigenvalue weighted by atomic mass is 10.1. The summed E-state index contributed by atoms with van der Waals surface area (Å²) in [6, 6.07) is 15.9. The van der Waals surface area contributed by atoms with E-state index < -0.39 is 12.0 Å². The summed E-state index contributed by atoms with van der Waals surface area (Å²) in [4.78, 5) is 23.6. The van der Waals surface area contributed by atoms with Crippen LogP contribution in [-0.4, -0.2) is 17.9 Å². The van der Waals surface area contributed by atoms with Gasteiger partial charge in [0.1, 0.15) is 5.75 Å². The van der Waals surface area contributed by atoms with Crippen LogP contribution in [0.1, 0.15) is 12.5 Å². The molecular formula is C17H17ClN2O3. The largest absolute Gasteiger partial charge is 0.481 e. The van der Waals surface area contributed by atoms with Crippen molar-refractivity contribution >= 4 is 23.4 Å². The van der Waals surface area contributed by atoms with Crippen LogP contribution in [0, 0.1) is 0 Å².